The van der Waals surface area contributed by atoms with Crippen LogP contribution in [0.4, 0.5) is 10.1 Å². The molecule has 1 heterocycles. The number of ketones is 1. The van der Waals surface area contributed by atoms with Crippen LogP contribution in [0.3, 0.4) is 0 Å². The molecule has 1 unspecified atom stereocenters. The van der Waals surface area contributed by atoms with Crippen molar-refractivity contribution < 1.29 is 9.18 Å². The van der Waals surface area contributed by atoms with Crippen molar-refractivity contribution in [2.45, 2.75) is 56.6 Å². The molecule has 0 bridgehead atoms. The van der Waals surface area contributed by atoms with Crippen LogP contribution in [0.15, 0.2) is 88.2 Å². The molecule has 192 valence electrons. The van der Waals surface area contributed by atoms with Crippen molar-refractivity contribution in [3.8, 4) is 6.07 Å². The van der Waals surface area contributed by atoms with E-state index in [0.717, 1.165) is 28.0 Å². The van der Waals surface area contributed by atoms with E-state index in [4.69, 9.17) is 5.73 Å². The van der Waals surface area contributed by atoms with Gasteiger partial charge in [-0.25, -0.2) is 4.39 Å². The maximum absolute atomic E-state index is 15.0. The fourth-order valence-electron chi connectivity index (χ4n) is 5.48. The first kappa shape index (κ1) is 25.8. The standard InChI is InChI=1S/C32H30FN3OS/c1-19-11-13-23(14-12-19)38-18-22-16-24(21(3)15-20(22)2)30-25(17-34)32(35)36(27-8-5-4-7-26(27)33)28-9-6-10-29(37)31(28)30/h4-5,7-8,11-16,30H,6,9-10,18,35H2,1-3H3. The highest BCUT2D eigenvalue weighted by atomic mass is 32.2. The van der Waals surface area contributed by atoms with E-state index in [1.165, 1.54) is 16.5 Å². The highest BCUT2D eigenvalue weighted by Gasteiger charge is 2.41. The topological polar surface area (TPSA) is 70.1 Å². The van der Waals surface area contributed by atoms with E-state index in [1.807, 2.05) is 6.92 Å². The highest BCUT2D eigenvalue weighted by Crippen LogP contribution is 2.47. The summed E-state index contributed by atoms with van der Waals surface area (Å²) in [7, 11) is 0. The number of nitriles is 1. The number of hydrogen-bond acceptors (Lipinski definition) is 5. The number of nitrogens with zero attached hydrogens (tertiary/aromatic N) is 2. The molecule has 6 heteroatoms. The SMILES string of the molecule is Cc1ccc(SCc2cc(C3C(C#N)=C(N)N(c4ccccc4F)C4=C3C(=O)CCC4)c(C)cc2C)cc1. The predicted octanol–water partition coefficient (Wildman–Crippen LogP) is 7.35. The van der Waals surface area contributed by atoms with Crippen LogP contribution in [0.1, 0.15) is 53.0 Å². The molecule has 0 spiro atoms. The second-order valence-electron chi connectivity index (χ2n) is 10.0. The molecule has 1 aliphatic carbocycles. The average molecular weight is 524 g/mol. The summed E-state index contributed by atoms with van der Waals surface area (Å²) in [4.78, 5) is 16.3. The number of para-hydroxylation sites is 1. The molecule has 3 aromatic carbocycles. The summed E-state index contributed by atoms with van der Waals surface area (Å²) in [5.74, 6) is -0.0791. The Morgan fingerprint density at radius 2 is 1.79 bits per heavy atom. The van der Waals surface area contributed by atoms with Crippen LogP contribution in [0.2, 0.25) is 0 Å². The van der Waals surface area contributed by atoms with Gasteiger partial charge in [-0.2, -0.15) is 5.26 Å². The second-order valence-corrected chi connectivity index (χ2v) is 11.1. The van der Waals surface area contributed by atoms with Gasteiger partial charge in [-0.1, -0.05) is 42.0 Å². The normalized spacial score (nSPS) is 17.5. The lowest BCUT2D eigenvalue weighted by atomic mass is 9.74. The van der Waals surface area contributed by atoms with E-state index < -0.39 is 11.7 Å². The molecule has 5 rings (SSSR count). The van der Waals surface area contributed by atoms with Crippen LogP contribution in [-0.2, 0) is 10.5 Å². The Labute approximate surface area is 227 Å². The van der Waals surface area contributed by atoms with Crippen LogP contribution in [-0.4, -0.2) is 5.78 Å². The fourth-order valence-corrected chi connectivity index (χ4v) is 6.45. The summed E-state index contributed by atoms with van der Waals surface area (Å²) < 4.78 is 15.0. The highest BCUT2D eigenvalue weighted by molar-refractivity contribution is 7.98. The summed E-state index contributed by atoms with van der Waals surface area (Å²) in [5.41, 5.74) is 13.9. The van der Waals surface area contributed by atoms with Gasteiger partial charge >= 0.3 is 0 Å². The first-order chi connectivity index (χ1) is 18.3. The number of hydrogen-bond donors (Lipinski definition) is 1. The van der Waals surface area contributed by atoms with Crippen LogP contribution < -0.4 is 10.6 Å². The Hall–Kier alpha value is -3.82. The second kappa shape index (κ2) is 10.5. The summed E-state index contributed by atoms with van der Waals surface area (Å²) in [6.45, 7) is 6.18. The lowest BCUT2D eigenvalue weighted by molar-refractivity contribution is -0.116. The Bertz CT molecular complexity index is 1530. The van der Waals surface area contributed by atoms with Gasteiger partial charge in [0, 0.05) is 28.3 Å². The maximum Gasteiger partial charge on any atom is 0.161 e. The van der Waals surface area contributed by atoms with Crippen LogP contribution in [0.5, 0.6) is 0 Å². The van der Waals surface area contributed by atoms with Gasteiger partial charge < -0.3 is 5.73 Å². The Kier molecular flexibility index (Phi) is 7.14. The molecule has 0 saturated heterocycles. The summed E-state index contributed by atoms with van der Waals surface area (Å²) in [5, 5.41) is 10.3. The zero-order chi connectivity index (χ0) is 27.0. The molecule has 0 radical (unpaired) electrons. The molecule has 4 nitrogen and oxygen atoms in total. The minimum atomic E-state index is -0.574. The molecule has 2 aliphatic rings. The smallest absolute Gasteiger partial charge is 0.161 e. The summed E-state index contributed by atoms with van der Waals surface area (Å²) in [6.07, 6.45) is 1.66. The average Bonchev–Trinajstić information content (AvgIpc) is 2.89. The summed E-state index contributed by atoms with van der Waals surface area (Å²) >= 11 is 1.76. The molecule has 0 fully saturated rings. The number of carbonyl (C=O) groups excluding carboxylic acids is 1. The van der Waals surface area contributed by atoms with Crippen molar-refractivity contribution in [3.05, 3.63) is 117 Å². The Morgan fingerprint density at radius 3 is 2.50 bits per heavy atom. The minimum absolute atomic E-state index is 0.00612. The third-order valence-corrected chi connectivity index (χ3v) is 8.52. The lowest BCUT2D eigenvalue weighted by Crippen LogP contribution is -2.39. The van der Waals surface area contributed by atoms with E-state index >= 15 is 0 Å². The van der Waals surface area contributed by atoms with Gasteiger partial charge in [0.15, 0.2) is 5.78 Å². The number of anilines is 1. The monoisotopic (exact) mass is 523 g/mol. The third kappa shape index (κ3) is 4.63. The number of allylic oxidation sites excluding steroid dienone is 3. The maximum atomic E-state index is 15.0. The molecule has 38 heavy (non-hydrogen) atoms. The quantitative estimate of drug-likeness (QED) is 0.354. The van der Waals surface area contributed by atoms with Crippen molar-refractivity contribution in [1.82, 2.24) is 0 Å². The zero-order valence-corrected chi connectivity index (χ0v) is 22.7. The van der Waals surface area contributed by atoms with Gasteiger partial charge in [-0.15, -0.1) is 11.8 Å². The van der Waals surface area contributed by atoms with Gasteiger partial charge in [0.1, 0.15) is 11.6 Å². The van der Waals surface area contributed by atoms with Crippen molar-refractivity contribution >= 4 is 23.2 Å². The van der Waals surface area contributed by atoms with Crippen LogP contribution >= 0.6 is 11.8 Å². The Balaban J connectivity index is 1.63. The third-order valence-electron chi connectivity index (χ3n) is 7.46. The zero-order valence-electron chi connectivity index (χ0n) is 21.8. The van der Waals surface area contributed by atoms with E-state index in [2.05, 4.69) is 56.3 Å². The number of Topliss-reactive ketones (excluding diaryl/α,β-unsaturated/α-hetero) is 1. The minimum Gasteiger partial charge on any atom is -0.384 e. The number of thioether (sulfide) groups is 1. The molecule has 0 aromatic heterocycles. The molecule has 2 N–H and O–H groups in total. The molecular weight excluding hydrogens is 493 g/mol. The number of rotatable bonds is 5. The van der Waals surface area contributed by atoms with Crippen molar-refractivity contribution in [2.24, 2.45) is 5.73 Å². The van der Waals surface area contributed by atoms with Gasteiger partial charge in [-0.05, 0) is 80.1 Å². The summed E-state index contributed by atoms with van der Waals surface area (Å²) in [6, 6.07) is 21.4. The van der Waals surface area contributed by atoms with Crippen LogP contribution in [0, 0.1) is 37.9 Å². The fraction of sp³-hybridized carbons (Fsp3) is 0.250. The van der Waals surface area contributed by atoms with E-state index in [1.54, 1.807) is 34.9 Å². The lowest BCUT2D eigenvalue weighted by Gasteiger charge is -2.40. The predicted molar refractivity (Wildman–Crippen MR) is 151 cm³/mol. The van der Waals surface area contributed by atoms with E-state index in [-0.39, 0.29) is 22.9 Å². The first-order valence-electron chi connectivity index (χ1n) is 12.8. The molecule has 1 aliphatic heterocycles. The number of carbonyl (C=O) groups is 1. The van der Waals surface area contributed by atoms with E-state index in [0.29, 0.717) is 30.5 Å². The molecule has 3 aromatic rings. The van der Waals surface area contributed by atoms with Gasteiger partial charge in [-0.3, -0.25) is 9.69 Å². The number of halogens is 1. The number of benzene rings is 3. The van der Waals surface area contributed by atoms with E-state index in [9.17, 15) is 14.4 Å². The molecule has 0 saturated carbocycles. The van der Waals surface area contributed by atoms with Crippen molar-refractivity contribution in [1.29, 1.82) is 5.26 Å². The molecular formula is C32H30FN3OS. The Morgan fingerprint density at radius 1 is 1.05 bits per heavy atom. The van der Waals surface area contributed by atoms with Gasteiger partial charge in [0.05, 0.1) is 23.2 Å². The van der Waals surface area contributed by atoms with Crippen molar-refractivity contribution in [2.75, 3.05) is 4.90 Å². The number of aryl methyl sites for hydroxylation is 3. The molecule has 1 atom stereocenters. The molecule has 0 amide bonds. The van der Waals surface area contributed by atoms with Gasteiger partial charge in [0.25, 0.3) is 0 Å². The van der Waals surface area contributed by atoms with Crippen LogP contribution in [0.25, 0.3) is 0 Å². The van der Waals surface area contributed by atoms with Gasteiger partial charge in [0.2, 0.25) is 0 Å². The first-order valence-corrected chi connectivity index (χ1v) is 13.8. The largest absolute Gasteiger partial charge is 0.384 e. The number of nitrogens with two attached hydrogens (primary N) is 1. The van der Waals surface area contributed by atoms with Crippen molar-refractivity contribution in [3.63, 3.8) is 0 Å².